The van der Waals surface area contributed by atoms with E-state index in [1.807, 2.05) is 36.4 Å². The van der Waals surface area contributed by atoms with Crippen molar-refractivity contribution in [1.29, 1.82) is 0 Å². The fourth-order valence-corrected chi connectivity index (χ4v) is 3.17. The first-order chi connectivity index (χ1) is 12.7. The Morgan fingerprint density at radius 1 is 1.19 bits per heavy atom. The summed E-state index contributed by atoms with van der Waals surface area (Å²) in [5.41, 5.74) is 3.25. The quantitative estimate of drug-likeness (QED) is 0.864. The molecule has 1 N–H and O–H groups in total. The van der Waals surface area contributed by atoms with Gasteiger partial charge in [-0.3, -0.25) is 9.78 Å². The average Bonchev–Trinajstić information content (AvgIpc) is 2.70. The first-order valence-corrected chi connectivity index (χ1v) is 9.17. The van der Waals surface area contributed by atoms with Crippen LogP contribution < -0.4 is 15.1 Å². The first-order valence-electron chi connectivity index (χ1n) is 9.17. The molecule has 138 valence electrons. The number of amides is 1. The molecule has 2 heterocycles. The monoisotopic (exact) mass is 354 g/mol. The van der Waals surface area contributed by atoms with Crippen LogP contribution in [0.5, 0.6) is 0 Å². The van der Waals surface area contributed by atoms with Crippen LogP contribution in [0.2, 0.25) is 0 Å². The molecule has 0 spiro atoms. The summed E-state index contributed by atoms with van der Waals surface area (Å²) in [7, 11) is 0. The van der Waals surface area contributed by atoms with Gasteiger partial charge in [0.05, 0.1) is 24.6 Å². The number of carbonyl (C=O) groups is 1. The highest BCUT2D eigenvalue weighted by Gasteiger charge is 2.17. The Bertz CT molecular complexity index is 740. The Kier molecular flexibility index (Phi) is 6.07. The normalized spacial score (nSPS) is 14.2. The van der Waals surface area contributed by atoms with E-state index in [1.165, 1.54) is 0 Å². The van der Waals surface area contributed by atoms with E-state index >= 15 is 0 Å². The van der Waals surface area contributed by atoms with Gasteiger partial charge in [0.2, 0.25) is 0 Å². The van der Waals surface area contributed by atoms with Gasteiger partial charge in [-0.25, -0.2) is 0 Å². The summed E-state index contributed by atoms with van der Waals surface area (Å²) in [6, 6.07) is 11.7. The highest BCUT2D eigenvalue weighted by Crippen LogP contribution is 2.27. The molecule has 1 fully saturated rings. The maximum absolute atomic E-state index is 12.8. The number of ether oxygens (including phenoxy) is 1. The second-order valence-corrected chi connectivity index (χ2v) is 6.14. The van der Waals surface area contributed by atoms with Crippen LogP contribution >= 0.6 is 0 Å². The van der Waals surface area contributed by atoms with Crippen LogP contribution in [0.1, 0.15) is 24.3 Å². The summed E-state index contributed by atoms with van der Waals surface area (Å²) < 4.78 is 5.42. The molecule has 1 aromatic carbocycles. The lowest BCUT2D eigenvalue weighted by atomic mass is 10.2. The summed E-state index contributed by atoms with van der Waals surface area (Å²) in [5, 5.41) is 3.02. The van der Waals surface area contributed by atoms with E-state index in [1.54, 1.807) is 6.20 Å². The number of nitrogens with one attached hydrogen (secondary N) is 1. The molecule has 1 saturated heterocycles. The van der Waals surface area contributed by atoms with Crippen LogP contribution in [0.3, 0.4) is 0 Å². The molecule has 1 amide bonds. The van der Waals surface area contributed by atoms with Crippen molar-refractivity contribution in [3.05, 3.63) is 48.3 Å². The summed E-state index contributed by atoms with van der Waals surface area (Å²) in [6.07, 6.45) is 1.69. The summed E-state index contributed by atoms with van der Waals surface area (Å²) in [6.45, 7) is 9.03. The Morgan fingerprint density at radius 3 is 2.65 bits per heavy atom. The van der Waals surface area contributed by atoms with Gasteiger partial charge in [-0.15, -0.1) is 0 Å². The topological polar surface area (TPSA) is 57.7 Å². The van der Waals surface area contributed by atoms with Gasteiger partial charge in [0.25, 0.3) is 5.91 Å². The Labute approximate surface area is 154 Å². The minimum atomic E-state index is -0.195. The molecule has 1 aliphatic rings. The van der Waals surface area contributed by atoms with E-state index in [-0.39, 0.29) is 5.91 Å². The predicted octanol–water partition coefficient (Wildman–Crippen LogP) is 3.02. The maximum atomic E-state index is 12.8. The zero-order valence-corrected chi connectivity index (χ0v) is 15.4. The SMILES string of the molecule is CCN(CC)c1ccnc(C(=O)Nc2ccccc2N2CCOCC2)c1. The van der Waals surface area contributed by atoms with Gasteiger partial charge in [0.15, 0.2) is 0 Å². The number of aromatic nitrogens is 1. The van der Waals surface area contributed by atoms with Crippen LogP contribution in [-0.4, -0.2) is 50.3 Å². The highest BCUT2D eigenvalue weighted by molar-refractivity contribution is 6.05. The van der Waals surface area contributed by atoms with Crippen LogP contribution in [0.15, 0.2) is 42.6 Å². The second-order valence-electron chi connectivity index (χ2n) is 6.14. The third-order valence-corrected chi connectivity index (χ3v) is 4.61. The van der Waals surface area contributed by atoms with Crippen molar-refractivity contribution in [3.63, 3.8) is 0 Å². The van der Waals surface area contributed by atoms with E-state index in [0.717, 1.165) is 43.2 Å². The molecule has 3 rings (SSSR count). The Balaban J connectivity index is 1.79. The molecule has 1 aliphatic heterocycles. The largest absolute Gasteiger partial charge is 0.378 e. The van der Waals surface area contributed by atoms with E-state index in [0.29, 0.717) is 18.9 Å². The fourth-order valence-electron chi connectivity index (χ4n) is 3.17. The lowest BCUT2D eigenvalue weighted by Crippen LogP contribution is -2.36. The molecule has 0 atom stereocenters. The number of hydrogen-bond acceptors (Lipinski definition) is 5. The number of nitrogens with zero attached hydrogens (tertiary/aromatic N) is 3. The first kappa shape index (κ1) is 18.2. The van der Waals surface area contributed by atoms with Crippen molar-refractivity contribution in [2.24, 2.45) is 0 Å². The van der Waals surface area contributed by atoms with Crippen molar-refractivity contribution >= 4 is 23.0 Å². The Hall–Kier alpha value is -2.60. The van der Waals surface area contributed by atoms with Gasteiger partial charge in [-0.1, -0.05) is 12.1 Å². The minimum absolute atomic E-state index is 0.195. The molecule has 0 unspecified atom stereocenters. The summed E-state index contributed by atoms with van der Waals surface area (Å²) in [4.78, 5) is 21.5. The second kappa shape index (κ2) is 8.67. The molecule has 0 aliphatic carbocycles. The van der Waals surface area contributed by atoms with Crippen LogP contribution in [-0.2, 0) is 4.74 Å². The number of pyridine rings is 1. The molecule has 0 radical (unpaired) electrons. The predicted molar refractivity (Wildman–Crippen MR) is 105 cm³/mol. The van der Waals surface area contributed by atoms with Gasteiger partial charge in [0, 0.05) is 38.1 Å². The molecule has 0 bridgehead atoms. The van der Waals surface area contributed by atoms with E-state index in [2.05, 4.69) is 33.9 Å². The van der Waals surface area contributed by atoms with Crippen molar-refractivity contribution in [1.82, 2.24) is 4.98 Å². The van der Waals surface area contributed by atoms with Crippen molar-refractivity contribution in [3.8, 4) is 0 Å². The van der Waals surface area contributed by atoms with E-state index < -0.39 is 0 Å². The minimum Gasteiger partial charge on any atom is -0.378 e. The van der Waals surface area contributed by atoms with Crippen molar-refractivity contribution in [2.75, 3.05) is 54.5 Å². The van der Waals surface area contributed by atoms with Crippen LogP contribution in [0, 0.1) is 0 Å². The number of para-hydroxylation sites is 2. The van der Waals surface area contributed by atoms with E-state index in [4.69, 9.17) is 4.74 Å². The van der Waals surface area contributed by atoms with Crippen LogP contribution in [0.4, 0.5) is 17.1 Å². The maximum Gasteiger partial charge on any atom is 0.274 e. The van der Waals surface area contributed by atoms with Gasteiger partial charge in [-0.05, 0) is 38.1 Å². The van der Waals surface area contributed by atoms with Gasteiger partial charge in [0.1, 0.15) is 5.69 Å². The molecule has 1 aromatic heterocycles. The number of morpholine rings is 1. The summed E-state index contributed by atoms with van der Waals surface area (Å²) in [5.74, 6) is -0.195. The number of carbonyl (C=O) groups excluding carboxylic acids is 1. The van der Waals surface area contributed by atoms with Crippen molar-refractivity contribution in [2.45, 2.75) is 13.8 Å². The highest BCUT2D eigenvalue weighted by atomic mass is 16.5. The zero-order valence-electron chi connectivity index (χ0n) is 15.4. The molecular formula is C20H26N4O2. The molecular weight excluding hydrogens is 328 g/mol. The number of anilines is 3. The average molecular weight is 354 g/mol. The Morgan fingerprint density at radius 2 is 1.92 bits per heavy atom. The summed E-state index contributed by atoms with van der Waals surface area (Å²) >= 11 is 0. The number of benzene rings is 1. The third-order valence-electron chi connectivity index (χ3n) is 4.61. The molecule has 6 nitrogen and oxygen atoms in total. The standard InChI is InChI=1S/C20H26N4O2/c1-3-23(4-2)16-9-10-21-18(15-16)20(25)22-17-7-5-6-8-19(17)24-11-13-26-14-12-24/h5-10,15H,3-4,11-14H2,1-2H3,(H,22,25). The number of hydrogen-bond donors (Lipinski definition) is 1. The zero-order chi connectivity index (χ0) is 18.4. The lowest BCUT2D eigenvalue weighted by Gasteiger charge is -2.30. The molecule has 2 aromatic rings. The lowest BCUT2D eigenvalue weighted by molar-refractivity contribution is 0.102. The van der Waals surface area contributed by atoms with E-state index in [9.17, 15) is 4.79 Å². The third kappa shape index (κ3) is 4.14. The molecule has 0 saturated carbocycles. The van der Waals surface area contributed by atoms with Gasteiger partial charge >= 0.3 is 0 Å². The van der Waals surface area contributed by atoms with Gasteiger partial charge in [-0.2, -0.15) is 0 Å². The van der Waals surface area contributed by atoms with Crippen molar-refractivity contribution < 1.29 is 9.53 Å². The molecule has 26 heavy (non-hydrogen) atoms. The van der Waals surface area contributed by atoms with Gasteiger partial charge < -0.3 is 19.9 Å². The number of rotatable bonds is 6. The smallest absolute Gasteiger partial charge is 0.274 e. The fraction of sp³-hybridized carbons (Fsp3) is 0.400. The van der Waals surface area contributed by atoms with Crippen LogP contribution in [0.25, 0.3) is 0 Å². The molecule has 6 heteroatoms.